The first kappa shape index (κ1) is 15.1. The Morgan fingerprint density at radius 1 is 1.37 bits per heavy atom. The Labute approximate surface area is 125 Å². The summed E-state index contributed by atoms with van der Waals surface area (Å²) in [6, 6.07) is 0. The Kier molecular flexibility index (Phi) is 5.54. The molecule has 2 rings (SSSR count). The zero-order valence-corrected chi connectivity index (χ0v) is 14.0. The minimum Gasteiger partial charge on any atom is -0.346 e. The topological polar surface area (TPSA) is 28.2 Å². The molecule has 2 heterocycles. The molecular weight excluding hydrogens is 274 g/mol. The summed E-state index contributed by atoms with van der Waals surface area (Å²) in [4.78, 5) is 7.22. The second-order valence-electron chi connectivity index (χ2n) is 5.81. The van der Waals surface area contributed by atoms with Crippen LogP contribution < -0.4 is 10.2 Å². The smallest absolute Gasteiger partial charge is 0.185 e. The summed E-state index contributed by atoms with van der Waals surface area (Å²) in [5, 5.41) is 8.25. The first-order chi connectivity index (χ1) is 9.04. The van der Waals surface area contributed by atoms with E-state index in [0.29, 0.717) is 16.4 Å². The zero-order chi connectivity index (χ0) is 13.8. The van der Waals surface area contributed by atoms with E-state index < -0.39 is 0 Å². The number of nitrogens with one attached hydrogen (secondary N) is 1. The van der Waals surface area contributed by atoms with Gasteiger partial charge in [-0.25, -0.2) is 4.98 Å². The van der Waals surface area contributed by atoms with Crippen LogP contribution in [0.3, 0.4) is 0 Å². The van der Waals surface area contributed by atoms with Gasteiger partial charge in [0.1, 0.15) is 0 Å². The second kappa shape index (κ2) is 6.95. The Morgan fingerprint density at radius 2 is 2.05 bits per heavy atom. The Bertz CT molecular complexity index is 382. The first-order valence-electron chi connectivity index (χ1n) is 7.10. The molecule has 2 atom stereocenters. The first-order valence-corrected chi connectivity index (χ1v) is 8.92. The standard InChI is InChI=1S/C14H25N3S2/c1-10(2)5-15-6-13-9-18-14(16-13)17-7-11(3)19-12(4)8-17/h9-12,15H,5-8H2,1-4H3. The van der Waals surface area contributed by atoms with Crippen molar-refractivity contribution in [3.05, 3.63) is 11.1 Å². The molecule has 0 radical (unpaired) electrons. The number of hydrogen-bond donors (Lipinski definition) is 1. The van der Waals surface area contributed by atoms with Crippen molar-refractivity contribution in [2.24, 2.45) is 5.92 Å². The van der Waals surface area contributed by atoms with Crippen LogP contribution in [0.4, 0.5) is 5.13 Å². The minimum absolute atomic E-state index is 0.693. The van der Waals surface area contributed by atoms with Crippen molar-refractivity contribution in [2.75, 3.05) is 24.5 Å². The second-order valence-corrected chi connectivity index (χ2v) is 8.53. The molecule has 1 aliphatic rings. The van der Waals surface area contributed by atoms with E-state index >= 15 is 0 Å². The number of rotatable bonds is 5. The zero-order valence-electron chi connectivity index (χ0n) is 12.3. The predicted molar refractivity (Wildman–Crippen MR) is 87.4 cm³/mol. The van der Waals surface area contributed by atoms with Crippen molar-refractivity contribution in [1.82, 2.24) is 10.3 Å². The lowest BCUT2D eigenvalue weighted by molar-refractivity contribution is 0.549. The number of anilines is 1. The number of thiazole rings is 1. The van der Waals surface area contributed by atoms with E-state index in [1.54, 1.807) is 11.3 Å². The highest BCUT2D eigenvalue weighted by Gasteiger charge is 2.24. The van der Waals surface area contributed by atoms with Crippen LogP contribution >= 0.6 is 23.1 Å². The van der Waals surface area contributed by atoms with Gasteiger partial charge in [-0.2, -0.15) is 11.8 Å². The van der Waals surface area contributed by atoms with Gasteiger partial charge in [0.15, 0.2) is 5.13 Å². The van der Waals surface area contributed by atoms with E-state index in [-0.39, 0.29) is 0 Å². The lowest BCUT2D eigenvalue weighted by atomic mass is 10.2. The monoisotopic (exact) mass is 299 g/mol. The van der Waals surface area contributed by atoms with Crippen LogP contribution in [0.5, 0.6) is 0 Å². The average Bonchev–Trinajstić information content (AvgIpc) is 2.76. The van der Waals surface area contributed by atoms with Crippen LogP contribution in [0, 0.1) is 5.92 Å². The third-order valence-electron chi connectivity index (χ3n) is 3.09. The molecule has 0 bridgehead atoms. The van der Waals surface area contributed by atoms with Crippen LogP contribution in [-0.2, 0) is 6.54 Å². The third kappa shape index (κ3) is 4.65. The highest BCUT2D eigenvalue weighted by molar-refractivity contribution is 8.00. The van der Waals surface area contributed by atoms with Crippen molar-refractivity contribution in [3.63, 3.8) is 0 Å². The molecule has 0 amide bonds. The van der Waals surface area contributed by atoms with E-state index in [1.807, 2.05) is 0 Å². The van der Waals surface area contributed by atoms with E-state index in [0.717, 1.165) is 26.2 Å². The summed E-state index contributed by atoms with van der Waals surface area (Å²) >= 11 is 3.87. The van der Waals surface area contributed by atoms with Gasteiger partial charge in [0.2, 0.25) is 0 Å². The Balaban J connectivity index is 1.89. The summed E-state index contributed by atoms with van der Waals surface area (Å²) in [5.74, 6) is 0.693. The van der Waals surface area contributed by atoms with Crippen LogP contribution in [0.15, 0.2) is 5.38 Å². The third-order valence-corrected chi connectivity index (χ3v) is 5.27. The van der Waals surface area contributed by atoms with Crippen molar-refractivity contribution in [2.45, 2.75) is 44.7 Å². The lowest BCUT2D eigenvalue weighted by Gasteiger charge is -2.34. The van der Waals surface area contributed by atoms with Gasteiger partial charge in [0, 0.05) is 35.5 Å². The van der Waals surface area contributed by atoms with E-state index in [9.17, 15) is 0 Å². The highest BCUT2D eigenvalue weighted by Crippen LogP contribution is 2.30. The molecule has 3 nitrogen and oxygen atoms in total. The lowest BCUT2D eigenvalue weighted by Crippen LogP contribution is -2.40. The Hall–Kier alpha value is -0.260. The summed E-state index contributed by atoms with van der Waals surface area (Å²) in [5.41, 5.74) is 1.18. The molecule has 0 aliphatic carbocycles. The number of thioether (sulfide) groups is 1. The van der Waals surface area contributed by atoms with Crippen LogP contribution in [-0.4, -0.2) is 35.1 Å². The molecule has 1 aromatic heterocycles. The fourth-order valence-corrected chi connectivity index (χ4v) is 4.52. The molecule has 108 valence electrons. The van der Waals surface area contributed by atoms with E-state index in [4.69, 9.17) is 4.98 Å². The number of nitrogens with zero attached hydrogens (tertiary/aromatic N) is 2. The van der Waals surface area contributed by atoms with Gasteiger partial charge in [0.25, 0.3) is 0 Å². The minimum atomic E-state index is 0.693. The molecule has 1 aromatic rings. The van der Waals surface area contributed by atoms with Crippen LogP contribution in [0.25, 0.3) is 0 Å². The number of aromatic nitrogens is 1. The van der Waals surface area contributed by atoms with Gasteiger partial charge in [0.05, 0.1) is 5.69 Å². The van der Waals surface area contributed by atoms with Gasteiger partial charge in [-0.3, -0.25) is 0 Å². The molecule has 0 saturated carbocycles. The van der Waals surface area contributed by atoms with Gasteiger partial charge in [-0.05, 0) is 12.5 Å². The summed E-state index contributed by atoms with van der Waals surface area (Å²) < 4.78 is 0. The molecule has 1 saturated heterocycles. The molecule has 0 aromatic carbocycles. The maximum absolute atomic E-state index is 4.77. The van der Waals surface area contributed by atoms with Crippen molar-refractivity contribution < 1.29 is 0 Å². The molecular formula is C14H25N3S2. The van der Waals surface area contributed by atoms with E-state index in [2.05, 4.69) is 55.1 Å². The van der Waals surface area contributed by atoms with Crippen molar-refractivity contribution >= 4 is 28.2 Å². The predicted octanol–water partition coefficient (Wildman–Crippen LogP) is 3.22. The Morgan fingerprint density at radius 3 is 2.68 bits per heavy atom. The van der Waals surface area contributed by atoms with Gasteiger partial charge in [-0.15, -0.1) is 11.3 Å². The quantitative estimate of drug-likeness (QED) is 0.903. The normalized spacial score (nSPS) is 24.2. The van der Waals surface area contributed by atoms with Crippen LogP contribution in [0.2, 0.25) is 0 Å². The van der Waals surface area contributed by atoms with Gasteiger partial charge < -0.3 is 10.2 Å². The molecule has 0 spiro atoms. The highest BCUT2D eigenvalue weighted by atomic mass is 32.2. The summed E-state index contributed by atoms with van der Waals surface area (Å²) in [7, 11) is 0. The molecule has 1 aliphatic heterocycles. The van der Waals surface area contributed by atoms with Crippen molar-refractivity contribution in [3.8, 4) is 0 Å². The molecule has 2 unspecified atom stereocenters. The molecule has 1 fully saturated rings. The summed E-state index contributed by atoms with van der Waals surface area (Å²) in [6.45, 7) is 13.3. The molecule has 5 heteroatoms. The fourth-order valence-electron chi connectivity index (χ4n) is 2.35. The molecule has 19 heavy (non-hydrogen) atoms. The van der Waals surface area contributed by atoms with Gasteiger partial charge in [-0.1, -0.05) is 27.7 Å². The van der Waals surface area contributed by atoms with Crippen LogP contribution in [0.1, 0.15) is 33.4 Å². The average molecular weight is 300 g/mol. The molecule has 1 N–H and O–H groups in total. The SMILES string of the molecule is CC(C)CNCc1csc(N2CC(C)SC(C)C2)n1. The fraction of sp³-hybridized carbons (Fsp3) is 0.786. The van der Waals surface area contributed by atoms with Gasteiger partial charge >= 0.3 is 0 Å². The largest absolute Gasteiger partial charge is 0.346 e. The maximum Gasteiger partial charge on any atom is 0.185 e. The summed E-state index contributed by atoms with van der Waals surface area (Å²) in [6.07, 6.45) is 0. The van der Waals surface area contributed by atoms with Crippen molar-refractivity contribution in [1.29, 1.82) is 0 Å². The van der Waals surface area contributed by atoms with E-state index in [1.165, 1.54) is 10.8 Å². The maximum atomic E-state index is 4.77. The number of hydrogen-bond acceptors (Lipinski definition) is 5.